The Kier molecular flexibility index (Phi) is 6.03. The summed E-state index contributed by atoms with van der Waals surface area (Å²) in [7, 11) is 0. The van der Waals surface area contributed by atoms with Crippen LogP contribution in [0.2, 0.25) is 0 Å². The Morgan fingerprint density at radius 3 is 1.87 bits per heavy atom. The van der Waals surface area contributed by atoms with Crippen LogP contribution in [0.15, 0.2) is 0 Å². The third-order valence-electron chi connectivity index (χ3n) is 1.46. The van der Waals surface area contributed by atoms with Crippen molar-refractivity contribution in [2.45, 2.75) is 6.92 Å². The lowest BCUT2D eigenvalue weighted by Crippen LogP contribution is -2.42. The van der Waals surface area contributed by atoms with Gasteiger partial charge in [0.15, 0.2) is 0 Å². The number of nitrogens with one attached hydrogen (secondary N) is 1. The van der Waals surface area contributed by atoms with Gasteiger partial charge in [0.2, 0.25) is 5.91 Å². The summed E-state index contributed by atoms with van der Waals surface area (Å²) in [6.45, 7) is 0.975. The van der Waals surface area contributed by atoms with Gasteiger partial charge in [-0.15, -0.1) is 0 Å². The van der Waals surface area contributed by atoms with Crippen LogP contribution in [0.25, 0.3) is 0 Å². The van der Waals surface area contributed by atoms with Gasteiger partial charge < -0.3 is 15.5 Å². The average molecular weight is 218 g/mol. The molecule has 0 saturated carbocycles. The Balaban J connectivity index is 4.16. The van der Waals surface area contributed by atoms with Gasteiger partial charge in [-0.1, -0.05) is 0 Å². The summed E-state index contributed by atoms with van der Waals surface area (Å²) >= 11 is 0. The normalized spacial score (nSPS) is 10.0. The average Bonchev–Trinajstić information content (AvgIpc) is 2.00. The zero-order chi connectivity index (χ0) is 11.8. The van der Waals surface area contributed by atoms with Crippen molar-refractivity contribution in [3.8, 4) is 0 Å². The van der Waals surface area contributed by atoms with E-state index in [4.69, 9.17) is 10.2 Å². The van der Waals surface area contributed by atoms with E-state index in [9.17, 15) is 14.4 Å². The highest BCUT2D eigenvalue weighted by Gasteiger charge is 2.16. The SMILES string of the molecule is CCNC(=O)CN(CC(=O)O)CC(=O)O. The van der Waals surface area contributed by atoms with Crippen LogP contribution in [0, 0.1) is 0 Å². The molecule has 7 nitrogen and oxygen atoms in total. The maximum absolute atomic E-state index is 11.1. The van der Waals surface area contributed by atoms with Crippen LogP contribution in [-0.2, 0) is 14.4 Å². The second kappa shape index (κ2) is 6.77. The highest BCUT2D eigenvalue weighted by molar-refractivity contribution is 5.80. The van der Waals surface area contributed by atoms with Crippen molar-refractivity contribution < 1.29 is 24.6 Å². The molecule has 0 spiro atoms. The molecule has 0 aliphatic heterocycles. The number of hydrogen-bond donors (Lipinski definition) is 3. The first-order valence-corrected chi connectivity index (χ1v) is 4.38. The summed E-state index contributed by atoms with van der Waals surface area (Å²) in [5.41, 5.74) is 0. The Hall–Kier alpha value is -1.63. The molecule has 7 heteroatoms. The smallest absolute Gasteiger partial charge is 0.317 e. The van der Waals surface area contributed by atoms with Gasteiger partial charge >= 0.3 is 11.9 Å². The second-order valence-corrected chi connectivity index (χ2v) is 2.89. The summed E-state index contributed by atoms with van der Waals surface area (Å²) in [6.07, 6.45) is 0. The van der Waals surface area contributed by atoms with Crippen molar-refractivity contribution in [3.63, 3.8) is 0 Å². The minimum atomic E-state index is -1.17. The Morgan fingerprint density at radius 1 is 1.07 bits per heavy atom. The van der Waals surface area contributed by atoms with Crippen LogP contribution >= 0.6 is 0 Å². The van der Waals surface area contributed by atoms with Crippen molar-refractivity contribution >= 4 is 17.8 Å². The van der Waals surface area contributed by atoms with Crippen LogP contribution in [0.5, 0.6) is 0 Å². The van der Waals surface area contributed by atoms with Crippen LogP contribution in [0.4, 0.5) is 0 Å². The lowest BCUT2D eigenvalue weighted by molar-refractivity contribution is -0.142. The van der Waals surface area contributed by atoms with Crippen molar-refractivity contribution in [1.82, 2.24) is 10.2 Å². The monoisotopic (exact) mass is 218 g/mol. The first-order chi connectivity index (χ1) is 6.95. The Morgan fingerprint density at radius 2 is 1.53 bits per heavy atom. The molecule has 0 aliphatic rings. The molecule has 15 heavy (non-hydrogen) atoms. The van der Waals surface area contributed by atoms with Gasteiger partial charge in [-0.2, -0.15) is 0 Å². The van der Waals surface area contributed by atoms with Crippen molar-refractivity contribution in [2.75, 3.05) is 26.2 Å². The standard InChI is InChI=1S/C8H14N2O5/c1-2-9-6(11)3-10(4-7(12)13)5-8(14)15/h2-5H2,1H3,(H,9,11)(H,12,13)(H,14,15). The molecule has 0 saturated heterocycles. The van der Waals surface area contributed by atoms with Gasteiger partial charge in [0.05, 0.1) is 19.6 Å². The first-order valence-electron chi connectivity index (χ1n) is 4.38. The van der Waals surface area contributed by atoms with Crippen molar-refractivity contribution in [3.05, 3.63) is 0 Å². The van der Waals surface area contributed by atoms with E-state index in [2.05, 4.69) is 5.32 Å². The summed E-state index contributed by atoms with van der Waals surface area (Å²) in [6, 6.07) is 0. The number of amides is 1. The molecule has 0 rings (SSSR count). The fourth-order valence-electron chi connectivity index (χ4n) is 1.01. The van der Waals surface area contributed by atoms with E-state index in [-0.39, 0.29) is 12.5 Å². The molecule has 86 valence electrons. The molecule has 0 aromatic carbocycles. The number of likely N-dealkylation sites (N-methyl/N-ethyl adjacent to an activating group) is 1. The molecule has 0 bridgehead atoms. The number of nitrogens with zero attached hydrogens (tertiary/aromatic N) is 1. The molecule has 0 aliphatic carbocycles. The van der Waals surface area contributed by atoms with Crippen LogP contribution in [-0.4, -0.2) is 59.1 Å². The zero-order valence-corrected chi connectivity index (χ0v) is 8.39. The minimum absolute atomic E-state index is 0.230. The molecular formula is C8H14N2O5. The molecule has 0 unspecified atom stereocenters. The number of carboxylic acid groups (broad SMARTS) is 2. The molecule has 0 fully saturated rings. The highest BCUT2D eigenvalue weighted by Crippen LogP contribution is 1.88. The number of carboxylic acids is 2. The predicted octanol–water partition coefficient (Wildman–Crippen LogP) is -1.41. The number of rotatable bonds is 7. The van der Waals surface area contributed by atoms with Crippen molar-refractivity contribution in [2.24, 2.45) is 0 Å². The minimum Gasteiger partial charge on any atom is -0.480 e. The predicted molar refractivity (Wildman–Crippen MR) is 50.4 cm³/mol. The van der Waals surface area contributed by atoms with E-state index in [0.717, 1.165) is 4.90 Å². The van der Waals surface area contributed by atoms with Gasteiger partial charge in [0.25, 0.3) is 0 Å². The van der Waals surface area contributed by atoms with E-state index in [1.807, 2.05) is 0 Å². The van der Waals surface area contributed by atoms with Gasteiger partial charge in [-0.05, 0) is 6.92 Å². The molecule has 0 atom stereocenters. The van der Waals surface area contributed by atoms with Crippen LogP contribution < -0.4 is 5.32 Å². The highest BCUT2D eigenvalue weighted by atomic mass is 16.4. The fraction of sp³-hybridized carbons (Fsp3) is 0.625. The number of hydrogen-bond acceptors (Lipinski definition) is 4. The molecule has 1 amide bonds. The van der Waals surface area contributed by atoms with Crippen LogP contribution in [0.1, 0.15) is 6.92 Å². The van der Waals surface area contributed by atoms with E-state index in [1.165, 1.54) is 0 Å². The lowest BCUT2D eigenvalue weighted by atomic mass is 10.4. The fourth-order valence-corrected chi connectivity index (χ4v) is 1.01. The van der Waals surface area contributed by atoms with Gasteiger partial charge in [0.1, 0.15) is 0 Å². The molecule has 0 aromatic heterocycles. The summed E-state index contributed by atoms with van der Waals surface area (Å²) in [4.78, 5) is 32.8. The molecular weight excluding hydrogens is 204 g/mol. The van der Waals surface area contributed by atoms with E-state index in [0.29, 0.717) is 6.54 Å². The quantitative estimate of drug-likeness (QED) is 0.485. The maximum Gasteiger partial charge on any atom is 0.317 e. The number of carbonyl (C=O) groups excluding carboxylic acids is 1. The summed E-state index contributed by atoms with van der Waals surface area (Å²) in [5, 5.41) is 19.4. The molecule has 3 N–H and O–H groups in total. The Bertz CT molecular complexity index is 237. The third kappa shape index (κ3) is 7.44. The largest absolute Gasteiger partial charge is 0.480 e. The summed E-state index contributed by atoms with van der Waals surface area (Å²) in [5.74, 6) is -2.72. The van der Waals surface area contributed by atoms with Gasteiger partial charge in [0, 0.05) is 6.54 Å². The second-order valence-electron chi connectivity index (χ2n) is 2.89. The van der Waals surface area contributed by atoms with Crippen LogP contribution in [0.3, 0.4) is 0 Å². The van der Waals surface area contributed by atoms with Crippen molar-refractivity contribution in [1.29, 1.82) is 0 Å². The Labute approximate surface area is 86.7 Å². The topological polar surface area (TPSA) is 107 Å². The number of aliphatic carboxylic acids is 2. The molecule has 0 heterocycles. The number of carbonyl (C=O) groups is 3. The van der Waals surface area contributed by atoms with Gasteiger partial charge in [-0.3, -0.25) is 19.3 Å². The van der Waals surface area contributed by atoms with Gasteiger partial charge in [-0.25, -0.2) is 0 Å². The first kappa shape index (κ1) is 13.4. The maximum atomic E-state index is 11.1. The van der Waals surface area contributed by atoms with E-state index >= 15 is 0 Å². The lowest BCUT2D eigenvalue weighted by Gasteiger charge is -2.16. The van der Waals surface area contributed by atoms with E-state index < -0.39 is 25.0 Å². The molecule has 0 radical (unpaired) electrons. The zero-order valence-electron chi connectivity index (χ0n) is 8.39. The summed E-state index contributed by atoms with van der Waals surface area (Å²) < 4.78 is 0. The third-order valence-corrected chi connectivity index (χ3v) is 1.46. The molecule has 0 aromatic rings. The van der Waals surface area contributed by atoms with E-state index in [1.54, 1.807) is 6.92 Å².